The first kappa shape index (κ1) is 10.5. The van der Waals surface area contributed by atoms with Crippen LogP contribution in [0.1, 0.15) is 5.82 Å². The molecule has 2 rings (SSSR count). The van der Waals surface area contributed by atoms with E-state index in [9.17, 15) is 0 Å². The van der Waals surface area contributed by atoms with Crippen LogP contribution in [0.5, 0.6) is 0 Å². The fraction of sp³-hybridized carbons (Fsp3) is 0.875. The van der Waals surface area contributed by atoms with E-state index in [1.807, 2.05) is 0 Å². The number of nitrogens with zero attached hydrogens (tertiary/aromatic N) is 4. The number of aryl methyl sites for hydroxylation is 1. The predicted octanol–water partition coefficient (Wildman–Crippen LogP) is -1.28. The highest BCUT2D eigenvalue weighted by molar-refractivity contribution is 4.76. The van der Waals surface area contributed by atoms with Crippen LogP contribution in [-0.2, 0) is 23.1 Å². The smallest absolute Gasteiger partial charge is 0.188 e. The first-order valence-electron chi connectivity index (χ1n) is 4.97. The van der Waals surface area contributed by atoms with Crippen molar-refractivity contribution in [3.63, 3.8) is 0 Å². The van der Waals surface area contributed by atoms with E-state index in [-0.39, 0.29) is 6.10 Å². The highest BCUT2D eigenvalue weighted by Crippen LogP contribution is 1.99. The minimum absolute atomic E-state index is 0.135. The largest absolute Gasteiger partial charge is 0.376 e. The highest BCUT2D eigenvalue weighted by atomic mass is 16.6. The van der Waals surface area contributed by atoms with Gasteiger partial charge in [-0.1, -0.05) is 0 Å². The van der Waals surface area contributed by atoms with E-state index in [0.29, 0.717) is 32.2 Å². The van der Waals surface area contributed by atoms with Crippen LogP contribution in [0.25, 0.3) is 0 Å². The summed E-state index contributed by atoms with van der Waals surface area (Å²) < 4.78 is 10.7. The topological polar surface area (TPSA) is 74.1 Å². The van der Waals surface area contributed by atoms with Gasteiger partial charge in [-0.15, -0.1) is 10.2 Å². The molecule has 0 bridgehead atoms. The molecule has 1 atom stereocenters. The molecule has 0 amide bonds. The van der Waals surface area contributed by atoms with Crippen LogP contribution in [0.15, 0.2) is 0 Å². The summed E-state index contributed by atoms with van der Waals surface area (Å²) in [5, 5.41) is 14.9. The van der Waals surface area contributed by atoms with Crippen LogP contribution in [0, 0.1) is 0 Å². The molecule has 15 heavy (non-hydrogen) atoms. The van der Waals surface area contributed by atoms with Gasteiger partial charge in [0.05, 0.1) is 39.5 Å². The molecular weight excluding hydrogens is 198 g/mol. The Morgan fingerprint density at radius 1 is 1.53 bits per heavy atom. The maximum atomic E-state index is 5.47. The molecule has 1 unspecified atom stereocenters. The Morgan fingerprint density at radius 2 is 2.47 bits per heavy atom. The lowest BCUT2D eigenvalue weighted by molar-refractivity contribution is -0.0864. The summed E-state index contributed by atoms with van der Waals surface area (Å²) in [4.78, 5) is 1.44. The van der Waals surface area contributed by atoms with Gasteiger partial charge in [0.25, 0.3) is 0 Å². The fourth-order valence-electron chi connectivity index (χ4n) is 1.39. The average molecular weight is 213 g/mol. The molecule has 2 heterocycles. The number of tetrazole rings is 1. The van der Waals surface area contributed by atoms with Gasteiger partial charge in [0, 0.05) is 6.54 Å². The number of nitrogens with one attached hydrogen (secondary N) is 1. The molecule has 84 valence electrons. The van der Waals surface area contributed by atoms with Crippen LogP contribution in [-0.4, -0.2) is 52.7 Å². The predicted molar refractivity (Wildman–Crippen MR) is 51.1 cm³/mol. The number of hydrogen-bond donors (Lipinski definition) is 1. The van der Waals surface area contributed by atoms with Crippen LogP contribution in [0.4, 0.5) is 0 Å². The molecule has 1 aromatic heterocycles. The van der Waals surface area contributed by atoms with Gasteiger partial charge in [0.1, 0.15) is 0 Å². The van der Waals surface area contributed by atoms with Crippen molar-refractivity contribution in [3.8, 4) is 0 Å². The fourth-order valence-corrected chi connectivity index (χ4v) is 1.39. The molecule has 0 saturated carbocycles. The van der Waals surface area contributed by atoms with Gasteiger partial charge in [-0.2, -0.15) is 4.80 Å². The minimum atomic E-state index is 0.135. The highest BCUT2D eigenvalue weighted by Gasteiger charge is 2.13. The minimum Gasteiger partial charge on any atom is -0.376 e. The summed E-state index contributed by atoms with van der Waals surface area (Å²) in [6.07, 6.45) is 0.135. The number of aromatic nitrogens is 4. The number of ether oxygens (including phenoxy) is 2. The Balaban J connectivity index is 1.65. The van der Waals surface area contributed by atoms with E-state index in [1.165, 1.54) is 4.80 Å². The first-order chi connectivity index (χ1) is 7.34. The molecule has 7 heteroatoms. The van der Waals surface area contributed by atoms with Gasteiger partial charge >= 0.3 is 0 Å². The van der Waals surface area contributed by atoms with E-state index in [4.69, 9.17) is 9.47 Å². The summed E-state index contributed by atoms with van der Waals surface area (Å²) in [6.45, 7) is 3.38. The lowest BCUT2D eigenvalue weighted by Gasteiger charge is -2.22. The Bertz CT molecular complexity index is 297. The summed E-state index contributed by atoms with van der Waals surface area (Å²) in [7, 11) is 1.74. The molecule has 0 spiro atoms. The van der Waals surface area contributed by atoms with Crippen molar-refractivity contribution in [2.45, 2.75) is 12.6 Å². The summed E-state index contributed by atoms with van der Waals surface area (Å²) >= 11 is 0. The average Bonchev–Trinajstić information content (AvgIpc) is 2.66. The molecule has 1 fully saturated rings. The van der Waals surface area contributed by atoms with Crippen molar-refractivity contribution in [1.29, 1.82) is 0 Å². The molecule has 0 radical (unpaired) electrons. The van der Waals surface area contributed by atoms with Crippen molar-refractivity contribution in [2.24, 2.45) is 7.05 Å². The third kappa shape index (κ3) is 3.22. The van der Waals surface area contributed by atoms with E-state index in [0.717, 1.165) is 6.54 Å². The van der Waals surface area contributed by atoms with Crippen molar-refractivity contribution in [1.82, 2.24) is 25.5 Å². The van der Waals surface area contributed by atoms with Crippen LogP contribution >= 0.6 is 0 Å². The van der Waals surface area contributed by atoms with Gasteiger partial charge in [-0.05, 0) is 5.21 Å². The molecule has 7 nitrogen and oxygen atoms in total. The van der Waals surface area contributed by atoms with Crippen molar-refractivity contribution >= 4 is 0 Å². The molecular formula is C8H15N5O2. The maximum absolute atomic E-state index is 5.47. The second-order valence-electron chi connectivity index (χ2n) is 3.39. The van der Waals surface area contributed by atoms with Crippen molar-refractivity contribution in [3.05, 3.63) is 5.82 Å². The molecule has 1 saturated heterocycles. The van der Waals surface area contributed by atoms with Crippen LogP contribution in [0.3, 0.4) is 0 Å². The molecule has 0 aliphatic carbocycles. The second-order valence-corrected chi connectivity index (χ2v) is 3.39. The van der Waals surface area contributed by atoms with Crippen LogP contribution in [0.2, 0.25) is 0 Å². The van der Waals surface area contributed by atoms with Crippen LogP contribution < -0.4 is 5.32 Å². The molecule has 1 N–H and O–H groups in total. The maximum Gasteiger partial charge on any atom is 0.188 e. The molecule has 1 aliphatic heterocycles. The summed E-state index contributed by atoms with van der Waals surface area (Å²) in [6, 6.07) is 0. The Kier molecular flexibility index (Phi) is 3.59. The number of hydrogen-bond acceptors (Lipinski definition) is 6. The van der Waals surface area contributed by atoms with E-state index in [2.05, 4.69) is 20.7 Å². The third-order valence-corrected chi connectivity index (χ3v) is 2.09. The summed E-state index contributed by atoms with van der Waals surface area (Å²) in [5.41, 5.74) is 0. The lowest BCUT2D eigenvalue weighted by atomic mass is 10.3. The SMILES string of the molecule is Cn1nnc(CNCC2COCCO2)n1. The molecule has 1 aliphatic rings. The van der Waals surface area contributed by atoms with Gasteiger partial charge in [-0.25, -0.2) is 0 Å². The van der Waals surface area contributed by atoms with Gasteiger partial charge in [-0.3, -0.25) is 0 Å². The van der Waals surface area contributed by atoms with Gasteiger partial charge in [0.15, 0.2) is 5.82 Å². The van der Waals surface area contributed by atoms with Gasteiger partial charge < -0.3 is 14.8 Å². The second kappa shape index (κ2) is 5.15. The van der Waals surface area contributed by atoms with Gasteiger partial charge in [0.2, 0.25) is 0 Å². The van der Waals surface area contributed by atoms with E-state index < -0.39 is 0 Å². The van der Waals surface area contributed by atoms with E-state index in [1.54, 1.807) is 7.05 Å². The Labute approximate surface area is 87.7 Å². The standard InChI is InChI=1S/C8H15N5O2/c1-13-11-8(10-12-13)5-9-4-7-6-14-2-3-15-7/h7,9H,2-6H2,1H3. The first-order valence-corrected chi connectivity index (χ1v) is 4.97. The zero-order chi connectivity index (χ0) is 10.5. The third-order valence-electron chi connectivity index (χ3n) is 2.09. The monoisotopic (exact) mass is 213 g/mol. The normalized spacial score (nSPS) is 21.8. The number of rotatable bonds is 4. The zero-order valence-corrected chi connectivity index (χ0v) is 8.72. The van der Waals surface area contributed by atoms with Crippen molar-refractivity contribution < 1.29 is 9.47 Å². The quantitative estimate of drug-likeness (QED) is 0.671. The summed E-state index contributed by atoms with van der Waals surface area (Å²) in [5.74, 6) is 0.689. The Hall–Kier alpha value is -1.05. The van der Waals surface area contributed by atoms with Crippen molar-refractivity contribution in [2.75, 3.05) is 26.4 Å². The molecule has 1 aromatic rings. The van der Waals surface area contributed by atoms with E-state index >= 15 is 0 Å². The zero-order valence-electron chi connectivity index (χ0n) is 8.72. The lowest BCUT2D eigenvalue weighted by Crippen LogP contribution is -2.37. The Morgan fingerprint density at radius 3 is 3.13 bits per heavy atom. The molecule has 0 aromatic carbocycles.